The first kappa shape index (κ1) is 37.1. The molecule has 20 atom stereocenters. The van der Waals surface area contributed by atoms with Crippen molar-refractivity contribution in [1.82, 2.24) is 0 Å². The zero-order chi connectivity index (χ0) is 33.3. The highest BCUT2D eigenvalue weighted by molar-refractivity contribution is 4.96. The van der Waals surface area contributed by atoms with Crippen molar-refractivity contribution in [2.75, 3.05) is 13.2 Å². The SMILES string of the molecule is CCCO[C@@H]1OC(C)[C@H](O)C(O[C@@H]2OC(C)[C@H](O)C(O)[C@@H]2O[C@@H]2OC(C)[C@H](O)C(O[C@H]3O[C@@H](CO)[C@@H](O)C(O)C3O)[C@@H]2O)[C@@H]1O. The van der Waals surface area contributed by atoms with Gasteiger partial charge in [-0.15, -0.1) is 0 Å². The average molecular weight is 661 g/mol. The van der Waals surface area contributed by atoms with E-state index in [-0.39, 0.29) is 6.61 Å². The van der Waals surface area contributed by atoms with Gasteiger partial charge in [0, 0.05) is 6.61 Å². The van der Waals surface area contributed by atoms with Crippen LogP contribution in [0.2, 0.25) is 0 Å². The van der Waals surface area contributed by atoms with Gasteiger partial charge in [-0.3, -0.25) is 0 Å². The fraction of sp³-hybridized carbons (Fsp3) is 1.00. The Morgan fingerprint density at radius 2 is 0.933 bits per heavy atom. The predicted molar refractivity (Wildman–Crippen MR) is 144 cm³/mol. The minimum atomic E-state index is -1.86. The van der Waals surface area contributed by atoms with E-state index in [4.69, 9.17) is 37.9 Å². The molecule has 0 radical (unpaired) electrons. The summed E-state index contributed by atoms with van der Waals surface area (Å²) in [6, 6.07) is 0. The second kappa shape index (κ2) is 15.7. The molecule has 4 saturated heterocycles. The second-order valence-electron chi connectivity index (χ2n) is 11.9. The molecule has 0 spiro atoms. The first-order valence-electron chi connectivity index (χ1n) is 15.1. The fourth-order valence-electron chi connectivity index (χ4n) is 5.70. The maximum Gasteiger partial charge on any atom is 0.187 e. The maximum absolute atomic E-state index is 11.2. The van der Waals surface area contributed by atoms with E-state index in [0.717, 1.165) is 0 Å². The van der Waals surface area contributed by atoms with Crippen LogP contribution in [-0.4, -0.2) is 187 Å². The number of rotatable bonds is 10. The van der Waals surface area contributed by atoms with Crippen molar-refractivity contribution in [3.63, 3.8) is 0 Å². The quantitative estimate of drug-likeness (QED) is 0.105. The summed E-state index contributed by atoms with van der Waals surface area (Å²) in [5.74, 6) is 0. The van der Waals surface area contributed by atoms with Crippen LogP contribution in [0, 0.1) is 0 Å². The Morgan fingerprint density at radius 3 is 1.51 bits per heavy atom. The summed E-state index contributed by atoms with van der Waals surface area (Å²) in [5, 5.41) is 105. The Kier molecular flexibility index (Phi) is 12.9. The Bertz CT molecular complexity index is 915. The first-order valence-corrected chi connectivity index (χ1v) is 15.1. The smallest absolute Gasteiger partial charge is 0.187 e. The van der Waals surface area contributed by atoms with Crippen LogP contribution in [0.3, 0.4) is 0 Å². The molecule has 0 aromatic carbocycles. The number of aliphatic hydroxyl groups excluding tert-OH is 10. The van der Waals surface area contributed by atoms with Crippen LogP contribution in [0.4, 0.5) is 0 Å². The molecule has 8 unspecified atom stereocenters. The highest BCUT2D eigenvalue weighted by Gasteiger charge is 2.54. The third-order valence-electron chi connectivity index (χ3n) is 8.56. The van der Waals surface area contributed by atoms with Crippen LogP contribution in [0.25, 0.3) is 0 Å². The Hall–Kier alpha value is -0.720. The Morgan fingerprint density at radius 1 is 0.467 bits per heavy atom. The normalized spacial score (nSPS) is 52.9. The highest BCUT2D eigenvalue weighted by atomic mass is 16.8. The monoisotopic (exact) mass is 660 g/mol. The summed E-state index contributed by atoms with van der Waals surface area (Å²) >= 11 is 0. The number of ether oxygens (including phenoxy) is 8. The van der Waals surface area contributed by atoms with Gasteiger partial charge in [-0.25, -0.2) is 0 Å². The van der Waals surface area contributed by atoms with E-state index in [0.29, 0.717) is 6.42 Å². The Labute approximate surface area is 259 Å². The number of aliphatic hydroxyl groups is 10. The molecule has 18 heteroatoms. The van der Waals surface area contributed by atoms with Crippen molar-refractivity contribution in [3.05, 3.63) is 0 Å². The summed E-state index contributed by atoms with van der Waals surface area (Å²) in [4.78, 5) is 0. The molecule has 4 fully saturated rings. The molecule has 0 saturated carbocycles. The number of hydrogen-bond donors (Lipinski definition) is 10. The van der Waals surface area contributed by atoms with E-state index >= 15 is 0 Å². The molecule has 0 aliphatic carbocycles. The van der Waals surface area contributed by atoms with Gasteiger partial charge in [0.25, 0.3) is 0 Å². The molecule has 4 aliphatic rings. The van der Waals surface area contributed by atoms with Crippen LogP contribution in [-0.2, 0) is 37.9 Å². The topological polar surface area (TPSA) is 276 Å². The molecule has 0 aromatic heterocycles. The molecule has 0 amide bonds. The van der Waals surface area contributed by atoms with E-state index in [1.165, 1.54) is 13.8 Å². The molecule has 4 heterocycles. The van der Waals surface area contributed by atoms with Crippen molar-refractivity contribution in [3.8, 4) is 0 Å². The van der Waals surface area contributed by atoms with E-state index in [1.807, 2.05) is 6.92 Å². The first-order chi connectivity index (χ1) is 21.2. The van der Waals surface area contributed by atoms with Crippen LogP contribution in [0.15, 0.2) is 0 Å². The van der Waals surface area contributed by atoms with Gasteiger partial charge >= 0.3 is 0 Å². The summed E-state index contributed by atoms with van der Waals surface area (Å²) in [5.41, 5.74) is 0. The van der Waals surface area contributed by atoms with Crippen molar-refractivity contribution in [2.24, 2.45) is 0 Å². The lowest BCUT2D eigenvalue weighted by Crippen LogP contribution is -2.67. The molecular weight excluding hydrogens is 612 g/mol. The molecule has 45 heavy (non-hydrogen) atoms. The van der Waals surface area contributed by atoms with Gasteiger partial charge in [0.15, 0.2) is 25.2 Å². The second-order valence-corrected chi connectivity index (χ2v) is 11.9. The molecule has 4 aliphatic heterocycles. The highest BCUT2D eigenvalue weighted by Crippen LogP contribution is 2.34. The summed E-state index contributed by atoms with van der Waals surface area (Å²) in [6.07, 6.45) is -29.2. The lowest BCUT2D eigenvalue weighted by atomic mass is 9.96. The van der Waals surface area contributed by atoms with Gasteiger partial charge in [-0.05, 0) is 27.2 Å². The van der Waals surface area contributed by atoms with Gasteiger partial charge < -0.3 is 89.0 Å². The van der Waals surface area contributed by atoms with E-state index in [2.05, 4.69) is 0 Å². The molecule has 10 N–H and O–H groups in total. The minimum absolute atomic E-state index is 0.248. The third kappa shape index (κ3) is 7.79. The maximum atomic E-state index is 11.2. The van der Waals surface area contributed by atoms with E-state index in [1.54, 1.807) is 6.92 Å². The van der Waals surface area contributed by atoms with Crippen LogP contribution >= 0.6 is 0 Å². The molecule has 0 bridgehead atoms. The average Bonchev–Trinajstić information content (AvgIpc) is 3.01. The lowest BCUT2D eigenvalue weighted by Gasteiger charge is -2.49. The minimum Gasteiger partial charge on any atom is -0.394 e. The molecule has 0 aromatic rings. The molecular formula is C27H48O18. The predicted octanol–water partition coefficient (Wildman–Crippen LogP) is -5.23. The summed E-state index contributed by atoms with van der Waals surface area (Å²) < 4.78 is 45.3. The van der Waals surface area contributed by atoms with Crippen molar-refractivity contribution < 1.29 is 89.0 Å². The van der Waals surface area contributed by atoms with Crippen molar-refractivity contribution in [1.29, 1.82) is 0 Å². The van der Waals surface area contributed by atoms with Crippen molar-refractivity contribution in [2.45, 2.75) is 157 Å². The van der Waals surface area contributed by atoms with Crippen LogP contribution in [0.5, 0.6) is 0 Å². The number of hydrogen-bond acceptors (Lipinski definition) is 18. The Balaban J connectivity index is 1.53. The molecule has 4 rings (SSSR count). The zero-order valence-corrected chi connectivity index (χ0v) is 25.4. The van der Waals surface area contributed by atoms with Crippen molar-refractivity contribution >= 4 is 0 Å². The van der Waals surface area contributed by atoms with E-state index in [9.17, 15) is 51.1 Å². The fourth-order valence-corrected chi connectivity index (χ4v) is 5.70. The largest absolute Gasteiger partial charge is 0.394 e. The van der Waals surface area contributed by atoms with Gasteiger partial charge in [-0.1, -0.05) is 6.92 Å². The lowest BCUT2D eigenvalue weighted by molar-refractivity contribution is -0.393. The van der Waals surface area contributed by atoms with Gasteiger partial charge in [-0.2, -0.15) is 0 Å². The zero-order valence-electron chi connectivity index (χ0n) is 25.4. The van der Waals surface area contributed by atoms with Gasteiger partial charge in [0.05, 0.1) is 24.9 Å². The summed E-state index contributed by atoms with van der Waals surface area (Å²) in [6.45, 7) is 5.76. The van der Waals surface area contributed by atoms with Crippen LogP contribution < -0.4 is 0 Å². The summed E-state index contributed by atoms with van der Waals surface area (Å²) in [7, 11) is 0. The van der Waals surface area contributed by atoms with E-state index < -0.39 is 129 Å². The molecule has 18 nitrogen and oxygen atoms in total. The standard InChI is InChI=1S/C27H48O18/c1-5-6-38-24-19(36)21(13(30)9(3)39-24)44-27-23(17(34)12(29)8(2)41-27)45-26-20(37)22(14(31)10(4)40-26)43-25-18(35)16(33)15(32)11(7-28)42-25/h8-37H,5-7H2,1-4H3/t8?,9?,10?,11-,12-,13-,14-,15+,16?,17?,18?,19-,20-,21?,22?,23-,24+,25+,26-,27-/m0/s1. The molecule has 264 valence electrons. The van der Waals surface area contributed by atoms with Gasteiger partial charge in [0.1, 0.15) is 79.4 Å². The van der Waals surface area contributed by atoms with Crippen LogP contribution in [0.1, 0.15) is 34.1 Å². The third-order valence-corrected chi connectivity index (χ3v) is 8.56. The van der Waals surface area contributed by atoms with Gasteiger partial charge in [0.2, 0.25) is 0 Å².